The zero-order valence-corrected chi connectivity index (χ0v) is 17.4. The molecule has 0 saturated carbocycles. The number of carbonyl (C=O) groups is 1. The third-order valence-corrected chi connectivity index (χ3v) is 6.25. The Bertz CT molecular complexity index is 929. The zero-order valence-electron chi connectivity index (χ0n) is 16.6. The molecule has 6 heteroatoms. The van der Waals surface area contributed by atoms with Gasteiger partial charge in [-0.2, -0.15) is 0 Å². The fraction of sp³-hybridized carbons (Fsp3) is 0.348. The van der Waals surface area contributed by atoms with Crippen molar-refractivity contribution in [1.29, 1.82) is 0 Å². The second-order valence-corrected chi connectivity index (χ2v) is 8.54. The van der Waals surface area contributed by atoms with Crippen molar-refractivity contribution in [3.8, 4) is 0 Å². The van der Waals surface area contributed by atoms with Gasteiger partial charge in [0.1, 0.15) is 0 Å². The summed E-state index contributed by atoms with van der Waals surface area (Å²) in [4.78, 5) is 25.2. The van der Waals surface area contributed by atoms with E-state index in [2.05, 4.69) is 32.3 Å². The number of likely N-dealkylation sites (tertiary alicyclic amines) is 1. The predicted octanol–water partition coefficient (Wildman–Crippen LogP) is 4.23. The maximum Gasteiger partial charge on any atom is 0.261 e. The van der Waals surface area contributed by atoms with Gasteiger partial charge in [0.25, 0.3) is 5.91 Å². The molecule has 0 bridgehead atoms. The van der Waals surface area contributed by atoms with Crippen molar-refractivity contribution in [2.45, 2.75) is 32.4 Å². The summed E-state index contributed by atoms with van der Waals surface area (Å²) in [5, 5.41) is 5.20. The average molecular weight is 407 g/mol. The van der Waals surface area contributed by atoms with Crippen molar-refractivity contribution in [2.24, 2.45) is 5.92 Å². The van der Waals surface area contributed by atoms with Gasteiger partial charge in [-0.15, -0.1) is 11.3 Å². The van der Waals surface area contributed by atoms with Crippen molar-refractivity contribution >= 4 is 17.2 Å². The van der Waals surface area contributed by atoms with Crippen LogP contribution in [0.5, 0.6) is 0 Å². The molecule has 3 aromatic rings. The summed E-state index contributed by atoms with van der Waals surface area (Å²) < 4.78 is 0. The van der Waals surface area contributed by atoms with Crippen LogP contribution in [0.2, 0.25) is 0 Å². The van der Waals surface area contributed by atoms with Crippen LogP contribution in [-0.2, 0) is 6.54 Å². The smallest absolute Gasteiger partial charge is 0.261 e. The minimum absolute atomic E-state index is 0.0203. The summed E-state index contributed by atoms with van der Waals surface area (Å²) in [5.41, 5.74) is 3.08. The number of nitrogens with one attached hydrogen (secondary N) is 1. The van der Waals surface area contributed by atoms with Gasteiger partial charge in [0, 0.05) is 25.0 Å². The summed E-state index contributed by atoms with van der Waals surface area (Å²) in [7, 11) is 0. The summed E-state index contributed by atoms with van der Waals surface area (Å²) in [6.45, 7) is 4.84. The Balaban J connectivity index is 1.51. The van der Waals surface area contributed by atoms with Crippen molar-refractivity contribution in [2.75, 3.05) is 13.1 Å². The SMILES string of the molecule is Cc1cccc(CN2CCCC(C(NC(=O)c3cccs3)c3ccccn3)C2)n1. The number of aromatic nitrogens is 2. The highest BCUT2D eigenvalue weighted by atomic mass is 32.1. The molecule has 0 aromatic carbocycles. The fourth-order valence-electron chi connectivity index (χ4n) is 4.04. The third-order valence-electron chi connectivity index (χ3n) is 5.38. The van der Waals surface area contributed by atoms with E-state index in [0.717, 1.165) is 54.4 Å². The van der Waals surface area contributed by atoms with Crippen LogP contribution in [-0.4, -0.2) is 33.9 Å². The van der Waals surface area contributed by atoms with Crippen molar-refractivity contribution in [3.63, 3.8) is 0 Å². The maximum atomic E-state index is 12.8. The Morgan fingerprint density at radius 3 is 2.93 bits per heavy atom. The lowest BCUT2D eigenvalue weighted by molar-refractivity contribution is 0.0878. The van der Waals surface area contributed by atoms with E-state index in [0.29, 0.717) is 5.92 Å². The van der Waals surface area contributed by atoms with Gasteiger partial charge < -0.3 is 5.32 Å². The molecule has 5 nitrogen and oxygen atoms in total. The first-order valence-corrected chi connectivity index (χ1v) is 11.0. The molecular weight excluding hydrogens is 380 g/mol. The molecule has 2 unspecified atom stereocenters. The molecular formula is C23H26N4OS. The molecule has 2 atom stereocenters. The van der Waals surface area contributed by atoms with Crippen LogP contribution in [0.15, 0.2) is 60.1 Å². The number of hydrogen-bond donors (Lipinski definition) is 1. The molecule has 1 aliphatic heterocycles. The van der Waals surface area contributed by atoms with Crippen LogP contribution >= 0.6 is 11.3 Å². The standard InChI is InChI=1S/C23H26N4OS/c1-17-7-4-9-19(25-17)16-27-13-5-8-18(15-27)22(20-10-2-3-12-24-20)26-23(28)21-11-6-14-29-21/h2-4,6-7,9-12,14,18,22H,5,8,13,15-16H2,1H3,(H,26,28). The molecule has 29 heavy (non-hydrogen) atoms. The number of amides is 1. The number of carbonyl (C=O) groups excluding carboxylic acids is 1. The van der Waals surface area contributed by atoms with Crippen LogP contribution < -0.4 is 5.32 Å². The highest BCUT2D eigenvalue weighted by molar-refractivity contribution is 7.12. The summed E-state index contributed by atoms with van der Waals surface area (Å²) in [5.74, 6) is 0.292. The summed E-state index contributed by atoms with van der Waals surface area (Å²) in [6.07, 6.45) is 3.98. The van der Waals surface area contributed by atoms with Gasteiger partial charge in [-0.1, -0.05) is 18.2 Å². The number of hydrogen-bond acceptors (Lipinski definition) is 5. The molecule has 1 aliphatic rings. The first kappa shape index (κ1) is 19.7. The Morgan fingerprint density at radius 1 is 1.24 bits per heavy atom. The first-order chi connectivity index (χ1) is 14.2. The number of aryl methyl sites for hydroxylation is 1. The molecule has 1 saturated heterocycles. The highest BCUT2D eigenvalue weighted by Crippen LogP contribution is 2.30. The monoisotopic (exact) mass is 406 g/mol. The van der Waals surface area contributed by atoms with Crippen LogP contribution in [0.3, 0.4) is 0 Å². The van der Waals surface area contributed by atoms with Gasteiger partial charge in [-0.3, -0.25) is 19.7 Å². The molecule has 3 aromatic heterocycles. The number of piperidine rings is 1. The van der Waals surface area contributed by atoms with Gasteiger partial charge >= 0.3 is 0 Å². The van der Waals surface area contributed by atoms with Crippen molar-refractivity contribution < 1.29 is 4.79 Å². The minimum atomic E-state index is -0.0981. The van der Waals surface area contributed by atoms with Gasteiger partial charge in [-0.05, 0) is 67.9 Å². The predicted molar refractivity (Wildman–Crippen MR) is 116 cm³/mol. The highest BCUT2D eigenvalue weighted by Gasteiger charge is 2.31. The van der Waals surface area contributed by atoms with Gasteiger partial charge in [0.15, 0.2) is 0 Å². The van der Waals surface area contributed by atoms with E-state index in [4.69, 9.17) is 0 Å². The summed E-state index contributed by atoms with van der Waals surface area (Å²) >= 11 is 1.47. The van der Waals surface area contributed by atoms with Gasteiger partial charge in [0.05, 0.1) is 22.3 Å². The quantitative estimate of drug-likeness (QED) is 0.666. The van der Waals surface area contributed by atoms with Gasteiger partial charge in [-0.25, -0.2) is 0 Å². The van der Waals surface area contributed by atoms with E-state index in [-0.39, 0.29) is 11.9 Å². The van der Waals surface area contributed by atoms with E-state index in [1.54, 1.807) is 6.20 Å². The van der Waals surface area contributed by atoms with E-state index in [1.807, 2.05) is 48.7 Å². The number of rotatable bonds is 6. The van der Waals surface area contributed by atoms with Crippen LogP contribution in [0, 0.1) is 12.8 Å². The van der Waals surface area contributed by atoms with Crippen molar-refractivity contribution in [3.05, 3.63) is 82.1 Å². The van der Waals surface area contributed by atoms with E-state index < -0.39 is 0 Å². The molecule has 150 valence electrons. The Hall–Kier alpha value is -2.57. The van der Waals surface area contributed by atoms with E-state index >= 15 is 0 Å². The molecule has 1 fully saturated rings. The normalized spacial score (nSPS) is 18.3. The lowest BCUT2D eigenvalue weighted by Gasteiger charge is -2.37. The molecule has 1 amide bonds. The van der Waals surface area contributed by atoms with Gasteiger partial charge in [0.2, 0.25) is 0 Å². The zero-order chi connectivity index (χ0) is 20.1. The molecule has 0 aliphatic carbocycles. The minimum Gasteiger partial charge on any atom is -0.343 e. The number of thiophene rings is 1. The number of nitrogens with zero attached hydrogens (tertiary/aromatic N) is 3. The van der Waals surface area contributed by atoms with Crippen LogP contribution in [0.4, 0.5) is 0 Å². The molecule has 0 radical (unpaired) electrons. The Morgan fingerprint density at radius 2 is 2.17 bits per heavy atom. The lowest BCUT2D eigenvalue weighted by Crippen LogP contribution is -2.43. The molecule has 0 spiro atoms. The molecule has 4 heterocycles. The first-order valence-electron chi connectivity index (χ1n) is 10.1. The molecule has 1 N–H and O–H groups in total. The number of pyridine rings is 2. The van der Waals surface area contributed by atoms with Crippen LogP contribution in [0.25, 0.3) is 0 Å². The van der Waals surface area contributed by atoms with E-state index in [1.165, 1.54) is 11.3 Å². The van der Waals surface area contributed by atoms with Crippen molar-refractivity contribution in [1.82, 2.24) is 20.2 Å². The topological polar surface area (TPSA) is 58.1 Å². The van der Waals surface area contributed by atoms with E-state index in [9.17, 15) is 4.79 Å². The average Bonchev–Trinajstić information content (AvgIpc) is 3.28. The fourth-order valence-corrected chi connectivity index (χ4v) is 4.66. The summed E-state index contributed by atoms with van der Waals surface area (Å²) in [6, 6.07) is 15.8. The second-order valence-electron chi connectivity index (χ2n) is 7.59. The lowest BCUT2D eigenvalue weighted by atomic mass is 9.88. The van der Waals surface area contributed by atoms with Crippen LogP contribution in [0.1, 0.15) is 45.6 Å². The largest absolute Gasteiger partial charge is 0.343 e. The third kappa shape index (κ3) is 5.08. The Labute approximate surface area is 175 Å². The molecule has 4 rings (SSSR count). The Kier molecular flexibility index (Phi) is 6.32. The maximum absolute atomic E-state index is 12.8. The second kappa shape index (κ2) is 9.29.